The van der Waals surface area contributed by atoms with Crippen molar-refractivity contribution in [1.29, 1.82) is 0 Å². The van der Waals surface area contributed by atoms with Crippen molar-refractivity contribution in [2.45, 2.75) is 19.8 Å². The lowest BCUT2D eigenvalue weighted by molar-refractivity contribution is 0.130. The molecule has 1 atom stereocenters. The van der Waals surface area contributed by atoms with Crippen LogP contribution in [0.2, 0.25) is 0 Å². The van der Waals surface area contributed by atoms with Crippen LogP contribution in [0.1, 0.15) is 19.8 Å². The van der Waals surface area contributed by atoms with Gasteiger partial charge in [0.25, 0.3) is 0 Å². The molecule has 0 aromatic rings. The number of piperazine rings is 1. The summed E-state index contributed by atoms with van der Waals surface area (Å²) in [6, 6.07) is 0. The third-order valence-electron chi connectivity index (χ3n) is 3.78. The van der Waals surface area contributed by atoms with Gasteiger partial charge in [0, 0.05) is 39.3 Å². The maximum atomic E-state index is 3.42. The minimum Gasteiger partial charge on any atom is -0.314 e. The molecular weight excluding hydrogens is 186 g/mol. The second-order valence-corrected chi connectivity index (χ2v) is 4.95. The molecule has 3 heteroatoms. The molecule has 0 aliphatic carbocycles. The lowest BCUT2D eigenvalue weighted by Crippen LogP contribution is -2.47. The fraction of sp³-hybridized carbons (Fsp3) is 1.00. The van der Waals surface area contributed by atoms with Gasteiger partial charge in [-0.1, -0.05) is 6.92 Å². The highest BCUT2D eigenvalue weighted by Gasteiger charge is 2.21. The van der Waals surface area contributed by atoms with Gasteiger partial charge < -0.3 is 15.1 Å². The highest BCUT2D eigenvalue weighted by molar-refractivity contribution is 4.77. The summed E-state index contributed by atoms with van der Waals surface area (Å²) in [6.45, 7) is 12.4. The Morgan fingerprint density at radius 1 is 1.13 bits per heavy atom. The molecule has 88 valence electrons. The van der Waals surface area contributed by atoms with Crippen molar-refractivity contribution < 1.29 is 0 Å². The van der Waals surface area contributed by atoms with Gasteiger partial charge in [-0.25, -0.2) is 0 Å². The number of nitrogens with one attached hydrogen (secondary N) is 1. The zero-order valence-corrected chi connectivity index (χ0v) is 10.0. The second kappa shape index (κ2) is 5.83. The van der Waals surface area contributed by atoms with E-state index in [1.165, 1.54) is 65.2 Å². The van der Waals surface area contributed by atoms with E-state index in [0.717, 1.165) is 5.92 Å². The molecule has 0 bridgehead atoms. The summed E-state index contributed by atoms with van der Waals surface area (Å²) in [6.07, 6.45) is 2.85. The first-order valence-corrected chi connectivity index (χ1v) is 6.54. The third kappa shape index (κ3) is 3.44. The number of likely N-dealkylation sites (tertiary alicyclic amines) is 1. The van der Waals surface area contributed by atoms with Crippen molar-refractivity contribution in [3.63, 3.8) is 0 Å². The maximum absolute atomic E-state index is 3.42. The van der Waals surface area contributed by atoms with Crippen LogP contribution in [0.25, 0.3) is 0 Å². The minimum absolute atomic E-state index is 0.928. The maximum Gasteiger partial charge on any atom is 0.0107 e. The van der Waals surface area contributed by atoms with Crippen LogP contribution in [0.15, 0.2) is 0 Å². The van der Waals surface area contributed by atoms with E-state index in [1.54, 1.807) is 0 Å². The topological polar surface area (TPSA) is 18.5 Å². The largest absolute Gasteiger partial charge is 0.314 e. The highest BCUT2D eigenvalue weighted by Crippen LogP contribution is 2.17. The number of nitrogens with zero attached hydrogens (tertiary/aromatic N) is 2. The van der Waals surface area contributed by atoms with E-state index in [2.05, 4.69) is 22.0 Å². The Labute approximate surface area is 93.8 Å². The minimum atomic E-state index is 0.928. The quantitative estimate of drug-likeness (QED) is 0.738. The lowest BCUT2D eigenvalue weighted by atomic mass is 9.97. The fourth-order valence-corrected chi connectivity index (χ4v) is 2.85. The van der Waals surface area contributed by atoms with Crippen LogP contribution in [0.4, 0.5) is 0 Å². The smallest absolute Gasteiger partial charge is 0.0107 e. The van der Waals surface area contributed by atoms with Crippen molar-refractivity contribution in [3.8, 4) is 0 Å². The van der Waals surface area contributed by atoms with Gasteiger partial charge in [-0.05, 0) is 31.8 Å². The molecule has 1 N–H and O–H groups in total. The van der Waals surface area contributed by atoms with E-state index in [9.17, 15) is 0 Å². The first-order valence-electron chi connectivity index (χ1n) is 6.54. The van der Waals surface area contributed by atoms with E-state index in [-0.39, 0.29) is 0 Å². The molecule has 2 fully saturated rings. The SMILES string of the molecule is CCN1CCC[C@@H](CN2CCNCC2)C1. The first-order chi connectivity index (χ1) is 7.38. The molecule has 15 heavy (non-hydrogen) atoms. The van der Waals surface area contributed by atoms with Crippen molar-refractivity contribution in [2.24, 2.45) is 5.92 Å². The summed E-state index contributed by atoms with van der Waals surface area (Å²) in [5.41, 5.74) is 0. The predicted octanol–water partition coefficient (Wildman–Crippen LogP) is 0.624. The molecule has 0 unspecified atom stereocenters. The van der Waals surface area contributed by atoms with E-state index < -0.39 is 0 Å². The number of hydrogen-bond donors (Lipinski definition) is 1. The lowest BCUT2D eigenvalue weighted by Gasteiger charge is -2.36. The highest BCUT2D eigenvalue weighted by atomic mass is 15.2. The molecule has 2 saturated heterocycles. The molecule has 2 heterocycles. The van der Waals surface area contributed by atoms with E-state index in [1.807, 2.05) is 0 Å². The van der Waals surface area contributed by atoms with Crippen LogP contribution in [-0.2, 0) is 0 Å². The summed E-state index contributed by atoms with van der Waals surface area (Å²) in [7, 11) is 0. The Morgan fingerprint density at radius 2 is 1.93 bits per heavy atom. The number of piperidine rings is 1. The van der Waals surface area contributed by atoms with Crippen molar-refractivity contribution >= 4 is 0 Å². The van der Waals surface area contributed by atoms with Gasteiger partial charge in [-0.15, -0.1) is 0 Å². The average molecular weight is 211 g/mol. The Kier molecular flexibility index (Phi) is 4.42. The van der Waals surface area contributed by atoms with Gasteiger partial charge in [0.2, 0.25) is 0 Å². The molecular formula is C12H25N3. The van der Waals surface area contributed by atoms with Crippen LogP contribution in [-0.4, -0.2) is 62.2 Å². The Bertz CT molecular complexity index is 178. The molecule has 0 aromatic carbocycles. The van der Waals surface area contributed by atoms with Gasteiger partial charge >= 0.3 is 0 Å². The summed E-state index contributed by atoms with van der Waals surface area (Å²) < 4.78 is 0. The Morgan fingerprint density at radius 3 is 2.67 bits per heavy atom. The molecule has 0 radical (unpaired) electrons. The standard InChI is InChI=1S/C12H25N3/c1-2-14-7-3-4-12(10-14)11-15-8-5-13-6-9-15/h12-13H,2-11H2,1H3/t12-/m1/s1. The number of hydrogen-bond acceptors (Lipinski definition) is 3. The van der Waals surface area contributed by atoms with Crippen LogP contribution in [0, 0.1) is 5.92 Å². The second-order valence-electron chi connectivity index (χ2n) is 4.95. The molecule has 0 saturated carbocycles. The predicted molar refractivity (Wildman–Crippen MR) is 64.1 cm³/mol. The molecule has 2 aliphatic heterocycles. The monoisotopic (exact) mass is 211 g/mol. The van der Waals surface area contributed by atoms with Crippen LogP contribution in [0.5, 0.6) is 0 Å². The number of rotatable bonds is 3. The van der Waals surface area contributed by atoms with Gasteiger partial charge in [0.1, 0.15) is 0 Å². The summed E-state index contributed by atoms with van der Waals surface area (Å²) in [5.74, 6) is 0.928. The summed E-state index contributed by atoms with van der Waals surface area (Å²) in [4.78, 5) is 5.25. The van der Waals surface area contributed by atoms with E-state index >= 15 is 0 Å². The molecule has 3 nitrogen and oxygen atoms in total. The normalized spacial score (nSPS) is 30.6. The summed E-state index contributed by atoms with van der Waals surface area (Å²) >= 11 is 0. The van der Waals surface area contributed by atoms with Gasteiger partial charge in [-0.2, -0.15) is 0 Å². The third-order valence-corrected chi connectivity index (χ3v) is 3.78. The average Bonchev–Trinajstić information content (AvgIpc) is 2.31. The fourth-order valence-electron chi connectivity index (χ4n) is 2.85. The molecule has 0 spiro atoms. The zero-order valence-electron chi connectivity index (χ0n) is 10.0. The van der Waals surface area contributed by atoms with Crippen molar-refractivity contribution in [2.75, 3.05) is 52.4 Å². The van der Waals surface area contributed by atoms with Crippen LogP contribution < -0.4 is 5.32 Å². The first kappa shape index (κ1) is 11.4. The molecule has 0 amide bonds. The molecule has 2 rings (SSSR count). The van der Waals surface area contributed by atoms with Gasteiger partial charge in [-0.3, -0.25) is 0 Å². The Balaban J connectivity index is 1.72. The van der Waals surface area contributed by atoms with Crippen LogP contribution in [0.3, 0.4) is 0 Å². The van der Waals surface area contributed by atoms with Crippen LogP contribution >= 0.6 is 0 Å². The van der Waals surface area contributed by atoms with E-state index in [4.69, 9.17) is 0 Å². The molecule has 2 aliphatic rings. The zero-order chi connectivity index (χ0) is 10.5. The van der Waals surface area contributed by atoms with E-state index in [0.29, 0.717) is 0 Å². The van der Waals surface area contributed by atoms with Gasteiger partial charge in [0.05, 0.1) is 0 Å². The molecule has 0 aromatic heterocycles. The van der Waals surface area contributed by atoms with Crippen molar-refractivity contribution in [1.82, 2.24) is 15.1 Å². The van der Waals surface area contributed by atoms with Crippen molar-refractivity contribution in [3.05, 3.63) is 0 Å². The van der Waals surface area contributed by atoms with Gasteiger partial charge in [0.15, 0.2) is 0 Å². The summed E-state index contributed by atoms with van der Waals surface area (Å²) in [5, 5.41) is 3.42. The Hall–Kier alpha value is -0.120.